The molecular formula is C20H28N2O2. The van der Waals surface area contributed by atoms with E-state index in [-0.39, 0.29) is 11.9 Å². The molecule has 4 heteroatoms. The number of benzene rings is 1. The topological polar surface area (TPSA) is 45.5 Å². The molecule has 0 aliphatic carbocycles. The van der Waals surface area contributed by atoms with E-state index in [1.165, 1.54) is 11.1 Å². The third-order valence-electron chi connectivity index (χ3n) is 4.64. The van der Waals surface area contributed by atoms with Gasteiger partial charge in [-0.05, 0) is 52.4 Å². The minimum absolute atomic E-state index is 0.0705. The van der Waals surface area contributed by atoms with Gasteiger partial charge in [-0.25, -0.2) is 0 Å². The summed E-state index contributed by atoms with van der Waals surface area (Å²) in [6.07, 6.45) is 1.03. The predicted molar refractivity (Wildman–Crippen MR) is 97.5 cm³/mol. The molecular weight excluding hydrogens is 300 g/mol. The van der Waals surface area contributed by atoms with Crippen LogP contribution in [0.5, 0.6) is 0 Å². The zero-order chi connectivity index (χ0) is 17.9. The molecule has 2 rings (SSSR count). The highest BCUT2D eigenvalue weighted by molar-refractivity contribution is 5.96. The number of hydrogen-bond donors (Lipinski definition) is 1. The molecule has 0 saturated heterocycles. The van der Waals surface area contributed by atoms with E-state index in [9.17, 15) is 4.79 Å². The molecule has 0 fully saturated rings. The lowest BCUT2D eigenvalue weighted by atomic mass is 10.0. The van der Waals surface area contributed by atoms with Gasteiger partial charge in [-0.1, -0.05) is 31.2 Å². The zero-order valence-corrected chi connectivity index (χ0v) is 15.6. The van der Waals surface area contributed by atoms with Gasteiger partial charge in [0.1, 0.15) is 11.5 Å². The molecule has 130 valence electrons. The van der Waals surface area contributed by atoms with Crippen LogP contribution >= 0.6 is 0 Å². The lowest BCUT2D eigenvalue weighted by molar-refractivity contribution is 0.0940. The predicted octanol–water partition coefficient (Wildman–Crippen LogP) is 3.80. The summed E-state index contributed by atoms with van der Waals surface area (Å²) in [6.45, 7) is 8.35. The summed E-state index contributed by atoms with van der Waals surface area (Å²) in [5, 5.41) is 3.06. The van der Waals surface area contributed by atoms with E-state index in [1.54, 1.807) is 0 Å². The molecule has 1 atom stereocenters. The van der Waals surface area contributed by atoms with Crippen molar-refractivity contribution < 1.29 is 9.21 Å². The van der Waals surface area contributed by atoms with Crippen molar-refractivity contribution >= 4 is 5.91 Å². The number of furan rings is 1. The second-order valence-corrected chi connectivity index (χ2v) is 6.50. The van der Waals surface area contributed by atoms with Gasteiger partial charge in [-0.3, -0.25) is 4.79 Å². The fraction of sp³-hybridized carbons (Fsp3) is 0.450. The SMILES string of the molecule is CCc1ccc(C(CNC(=O)c2c(C)oc(C)c2C)N(C)C)cc1. The van der Waals surface area contributed by atoms with Crippen LogP contribution in [0.2, 0.25) is 0 Å². The first-order chi connectivity index (χ1) is 11.3. The number of likely N-dealkylation sites (N-methyl/N-ethyl adjacent to an activating group) is 1. The van der Waals surface area contributed by atoms with Crippen molar-refractivity contribution in [2.75, 3.05) is 20.6 Å². The van der Waals surface area contributed by atoms with Gasteiger partial charge < -0.3 is 14.6 Å². The molecule has 1 amide bonds. The quantitative estimate of drug-likeness (QED) is 0.877. The van der Waals surface area contributed by atoms with Crippen molar-refractivity contribution in [1.29, 1.82) is 0 Å². The van der Waals surface area contributed by atoms with Crippen LogP contribution in [0.4, 0.5) is 0 Å². The summed E-state index contributed by atoms with van der Waals surface area (Å²) in [4.78, 5) is 14.7. The highest BCUT2D eigenvalue weighted by atomic mass is 16.3. The number of carbonyl (C=O) groups excluding carboxylic acids is 1. The zero-order valence-electron chi connectivity index (χ0n) is 15.6. The summed E-state index contributed by atoms with van der Waals surface area (Å²) in [6, 6.07) is 8.74. The second-order valence-electron chi connectivity index (χ2n) is 6.50. The highest BCUT2D eigenvalue weighted by Gasteiger charge is 2.21. The number of hydrogen-bond acceptors (Lipinski definition) is 3. The average molecular weight is 328 g/mol. The van der Waals surface area contributed by atoms with Gasteiger partial charge in [0.15, 0.2) is 0 Å². The molecule has 2 aromatic rings. The molecule has 1 N–H and O–H groups in total. The van der Waals surface area contributed by atoms with Crippen molar-refractivity contribution in [3.8, 4) is 0 Å². The molecule has 0 aliphatic heterocycles. The van der Waals surface area contributed by atoms with Gasteiger partial charge in [0.05, 0.1) is 11.6 Å². The number of rotatable bonds is 6. The number of nitrogens with one attached hydrogen (secondary N) is 1. The Morgan fingerprint density at radius 3 is 2.21 bits per heavy atom. The van der Waals surface area contributed by atoms with Gasteiger partial charge >= 0.3 is 0 Å². The van der Waals surface area contributed by atoms with Gasteiger partial charge in [-0.2, -0.15) is 0 Å². The Hall–Kier alpha value is -2.07. The van der Waals surface area contributed by atoms with E-state index in [0.29, 0.717) is 17.9 Å². The summed E-state index contributed by atoms with van der Waals surface area (Å²) in [7, 11) is 4.06. The Kier molecular flexibility index (Phi) is 5.84. The maximum atomic E-state index is 12.6. The normalized spacial score (nSPS) is 12.5. The standard InChI is InChI=1S/C20H28N2O2/c1-7-16-8-10-17(11-9-16)18(22(5)6)12-21-20(23)19-13(2)14(3)24-15(19)4/h8-11,18H,7,12H2,1-6H3,(H,21,23). The van der Waals surface area contributed by atoms with Crippen LogP contribution in [0.25, 0.3) is 0 Å². The molecule has 1 aromatic carbocycles. The molecule has 0 radical (unpaired) electrons. The smallest absolute Gasteiger partial charge is 0.255 e. The molecule has 4 nitrogen and oxygen atoms in total. The second kappa shape index (κ2) is 7.67. The average Bonchev–Trinajstić information content (AvgIpc) is 2.80. The third kappa shape index (κ3) is 3.88. The van der Waals surface area contributed by atoms with Gasteiger partial charge in [0.2, 0.25) is 0 Å². The van der Waals surface area contributed by atoms with Crippen molar-refractivity contribution in [3.63, 3.8) is 0 Å². The molecule has 0 aliphatic rings. The van der Waals surface area contributed by atoms with E-state index in [1.807, 2.05) is 34.9 Å². The van der Waals surface area contributed by atoms with Crippen LogP contribution in [-0.2, 0) is 6.42 Å². The minimum Gasteiger partial charge on any atom is -0.466 e. The van der Waals surface area contributed by atoms with E-state index >= 15 is 0 Å². The first kappa shape index (κ1) is 18.3. The van der Waals surface area contributed by atoms with Crippen LogP contribution in [0, 0.1) is 20.8 Å². The molecule has 0 spiro atoms. The van der Waals surface area contributed by atoms with Crippen LogP contribution in [0.3, 0.4) is 0 Å². The largest absolute Gasteiger partial charge is 0.466 e. The van der Waals surface area contributed by atoms with E-state index in [2.05, 4.69) is 41.4 Å². The lowest BCUT2D eigenvalue weighted by Gasteiger charge is -2.25. The Morgan fingerprint density at radius 2 is 1.75 bits per heavy atom. The summed E-state index contributed by atoms with van der Waals surface area (Å²) in [5.41, 5.74) is 4.10. The van der Waals surface area contributed by atoms with Crippen LogP contribution < -0.4 is 5.32 Å². The molecule has 1 heterocycles. The van der Waals surface area contributed by atoms with E-state index in [4.69, 9.17) is 4.42 Å². The summed E-state index contributed by atoms with van der Waals surface area (Å²) >= 11 is 0. The maximum Gasteiger partial charge on any atom is 0.255 e. The third-order valence-corrected chi connectivity index (χ3v) is 4.64. The van der Waals surface area contributed by atoms with Gasteiger partial charge in [-0.15, -0.1) is 0 Å². The number of amides is 1. The van der Waals surface area contributed by atoms with Crippen LogP contribution in [0.15, 0.2) is 28.7 Å². The number of carbonyl (C=O) groups is 1. The summed E-state index contributed by atoms with van der Waals surface area (Å²) < 4.78 is 5.56. The monoisotopic (exact) mass is 328 g/mol. The molecule has 0 bridgehead atoms. The minimum atomic E-state index is -0.0705. The first-order valence-corrected chi connectivity index (χ1v) is 8.45. The van der Waals surface area contributed by atoms with Crippen LogP contribution in [-0.4, -0.2) is 31.4 Å². The Balaban J connectivity index is 2.12. The fourth-order valence-electron chi connectivity index (χ4n) is 2.98. The Bertz CT molecular complexity index is 699. The molecule has 1 unspecified atom stereocenters. The van der Waals surface area contributed by atoms with E-state index < -0.39 is 0 Å². The van der Waals surface area contributed by atoms with Gasteiger partial charge in [0.25, 0.3) is 5.91 Å². The highest BCUT2D eigenvalue weighted by Crippen LogP contribution is 2.22. The Labute approximate surface area is 144 Å². The van der Waals surface area contributed by atoms with Crippen molar-refractivity contribution in [2.45, 2.75) is 40.2 Å². The van der Waals surface area contributed by atoms with Crippen LogP contribution in [0.1, 0.15) is 51.5 Å². The van der Waals surface area contributed by atoms with Gasteiger partial charge in [0, 0.05) is 12.1 Å². The number of aryl methyl sites for hydroxylation is 3. The first-order valence-electron chi connectivity index (χ1n) is 8.45. The molecule has 24 heavy (non-hydrogen) atoms. The van der Waals surface area contributed by atoms with Crippen molar-refractivity contribution in [3.05, 3.63) is 58.0 Å². The summed E-state index contributed by atoms with van der Waals surface area (Å²) in [5.74, 6) is 1.41. The maximum absolute atomic E-state index is 12.6. The lowest BCUT2D eigenvalue weighted by Crippen LogP contribution is -2.34. The Morgan fingerprint density at radius 1 is 1.12 bits per heavy atom. The molecule has 1 aromatic heterocycles. The fourth-order valence-corrected chi connectivity index (χ4v) is 2.98. The van der Waals surface area contributed by atoms with E-state index in [0.717, 1.165) is 17.7 Å². The number of nitrogens with zero attached hydrogens (tertiary/aromatic N) is 1. The van der Waals surface area contributed by atoms with Crippen molar-refractivity contribution in [1.82, 2.24) is 10.2 Å². The van der Waals surface area contributed by atoms with Crippen molar-refractivity contribution in [2.24, 2.45) is 0 Å². The molecule has 0 saturated carbocycles.